The van der Waals surface area contributed by atoms with Crippen molar-refractivity contribution >= 4 is 12.6 Å². The molecule has 1 aliphatic heterocycles. The Balaban J connectivity index is 2.31. The minimum Gasteiger partial charge on any atom is -0.497 e. The summed E-state index contributed by atoms with van der Waals surface area (Å²) < 4.78 is 23.1. The van der Waals surface area contributed by atoms with E-state index in [9.17, 15) is 0 Å². The van der Waals surface area contributed by atoms with Crippen molar-refractivity contribution in [2.75, 3.05) is 13.7 Å². The fraction of sp³-hybridized carbons (Fsp3) is 0.625. The van der Waals surface area contributed by atoms with Crippen molar-refractivity contribution < 1.29 is 18.8 Å². The van der Waals surface area contributed by atoms with Gasteiger partial charge in [-0.05, 0) is 57.8 Å². The van der Waals surface area contributed by atoms with Gasteiger partial charge in [-0.15, -0.1) is 0 Å². The minimum atomic E-state index is -0.378. The van der Waals surface area contributed by atoms with Crippen LogP contribution in [0.2, 0.25) is 0 Å². The first-order valence-electron chi connectivity index (χ1n) is 7.41. The molecule has 1 fully saturated rings. The molecule has 0 bridgehead atoms. The van der Waals surface area contributed by atoms with Crippen LogP contribution in [0.15, 0.2) is 18.2 Å². The number of hydrogen-bond donors (Lipinski definition) is 0. The van der Waals surface area contributed by atoms with Crippen molar-refractivity contribution in [1.29, 1.82) is 0 Å². The molecule has 4 nitrogen and oxygen atoms in total. The quantitative estimate of drug-likeness (QED) is 0.782. The summed E-state index contributed by atoms with van der Waals surface area (Å²) in [5, 5.41) is 0. The topological polar surface area (TPSA) is 36.9 Å². The largest absolute Gasteiger partial charge is 0.497 e. The van der Waals surface area contributed by atoms with Gasteiger partial charge in [0, 0.05) is 6.61 Å². The Morgan fingerprint density at radius 3 is 2.24 bits per heavy atom. The van der Waals surface area contributed by atoms with Crippen molar-refractivity contribution in [3.8, 4) is 5.75 Å². The lowest BCUT2D eigenvalue weighted by molar-refractivity contribution is 0.00578. The van der Waals surface area contributed by atoms with Gasteiger partial charge >= 0.3 is 7.12 Å². The second kappa shape index (κ2) is 5.99. The van der Waals surface area contributed by atoms with Gasteiger partial charge in [-0.2, -0.15) is 0 Å². The molecular weight excluding hydrogens is 267 g/mol. The fourth-order valence-electron chi connectivity index (χ4n) is 2.25. The lowest BCUT2D eigenvalue weighted by atomic mass is 9.76. The maximum atomic E-state index is 6.13. The highest BCUT2D eigenvalue weighted by atomic mass is 16.7. The molecule has 21 heavy (non-hydrogen) atoms. The van der Waals surface area contributed by atoms with Crippen molar-refractivity contribution in [3.63, 3.8) is 0 Å². The highest BCUT2D eigenvalue weighted by molar-refractivity contribution is 6.62. The van der Waals surface area contributed by atoms with Crippen LogP contribution in [0.3, 0.4) is 0 Å². The highest BCUT2D eigenvalue weighted by Gasteiger charge is 2.52. The normalized spacial score (nSPS) is 19.8. The van der Waals surface area contributed by atoms with Crippen molar-refractivity contribution in [3.05, 3.63) is 23.8 Å². The van der Waals surface area contributed by atoms with Crippen LogP contribution in [0.25, 0.3) is 0 Å². The maximum absolute atomic E-state index is 6.13. The smallest absolute Gasteiger partial charge is 0.495 e. The molecule has 1 aromatic rings. The number of rotatable bonds is 5. The van der Waals surface area contributed by atoms with Crippen LogP contribution in [0.5, 0.6) is 5.75 Å². The van der Waals surface area contributed by atoms with E-state index in [-0.39, 0.29) is 18.3 Å². The molecule has 0 radical (unpaired) electrons. The molecule has 1 saturated heterocycles. The minimum absolute atomic E-state index is 0.347. The van der Waals surface area contributed by atoms with Gasteiger partial charge in [0.1, 0.15) is 5.75 Å². The average Bonchev–Trinajstić information content (AvgIpc) is 2.64. The molecule has 0 aliphatic carbocycles. The van der Waals surface area contributed by atoms with Crippen LogP contribution in [0.4, 0.5) is 0 Å². The van der Waals surface area contributed by atoms with Gasteiger partial charge in [-0.25, -0.2) is 0 Å². The molecule has 0 saturated carbocycles. The first-order valence-corrected chi connectivity index (χ1v) is 7.41. The molecule has 5 heteroatoms. The third-order valence-electron chi connectivity index (χ3n) is 4.32. The monoisotopic (exact) mass is 292 g/mol. The van der Waals surface area contributed by atoms with E-state index in [0.29, 0.717) is 13.2 Å². The second-order valence-electron chi connectivity index (χ2n) is 6.29. The van der Waals surface area contributed by atoms with Gasteiger partial charge in [-0.1, -0.05) is 6.07 Å². The lowest BCUT2D eigenvalue weighted by Crippen LogP contribution is -2.41. The number of methoxy groups -OCH3 is 1. The Morgan fingerprint density at radius 2 is 1.71 bits per heavy atom. The molecule has 0 unspecified atom stereocenters. The standard InChI is InChI=1S/C16H25BO4/c1-7-19-11-12-10-13(18-6)8-9-14(12)17-20-15(2,3)16(4,5)21-17/h8-10H,7,11H2,1-6H3. The second-order valence-corrected chi connectivity index (χ2v) is 6.29. The third-order valence-corrected chi connectivity index (χ3v) is 4.32. The van der Waals surface area contributed by atoms with Crippen LogP contribution < -0.4 is 10.2 Å². The van der Waals surface area contributed by atoms with Crippen LogP contribution in [-0.2, 0) is 20.7 Å². The lowest BCUT2D eigenvalue weighted by Gasteiger charge is -2.32. The summed E-state index contributed by atoms with van der Waals surface area (Å²) >= 11 is 0. The van der Waals surface area contributed by atoms with Gasteiger partial charge < -0.3 is 18.8 Å². The Kier molecular flexibility index (Phi) is 4.66. The molecule has 0 spiro atoms. The Morgan fingerprint density at radius 1 is 1.10 bits per heavy atom. The molecule has 0 N–H and O–H groups in total. The van der Waals surface area contributed by atoms with Gasteiger partial charge in [-0.3, -0.25) is 0 Å². The number of hydrogen-bond acceptors (Lipinski definition) is 4. The maximum Gasteiger partial charge on any atom is 0.495 e. The molecule has 2 rings (SSSR count). The zero-order valence-corrected chi connectivity index (χ0v) is 13.9. The van der Waals surface area contributed by atoms with Crippen LogP contribution in [-0.4, -0.2) is 32.0 Å². The first-order chi connectivity index (χ1) is 9.80. The van der Waals surface area contributed by atoms with Crippen LogP contribution >= 0.6 is 0 Å². The van der Waals surface area contributed by atoms with Crippen molar-refractivity contribution in [1.82, 2.24) is 0 Å². The van der Waals surface area contributed by atoms with Gasteiger partial charge in [0.2, 0.25) is 0 Å². The predicted molar refractivity (Wildman–Crippen MR) is 84.0 cm³/mol. The molecule has 1 aromatic carbocycles. The molecule has 116 valence electrons. The van der Waals surface area contributed by atoms with Gasteiger partial charge in [0.25, 0.3) is 0 Å². The van der Waals surface area contributed by atoms with E-state index >= 15 is 0 Å². The Bertz CT molecular complexity index is 483. The molecule has 1 heterocycles. The van der Waals surface area contributed by atoms with Crippen LogP contribution in [0, 0.1) is 0 Å². The molecule has 1 aliphatic rings. The molecular formula is C16H25BO4. The molecule has 0 atom stereocenters. The van der Waals surface area contributed by atoms with E-state index in [4.69, 9.17) is 18.8 Å². The molecule has 0 amide bonds. The summed E-state index contributed by atoms with van der Waals surface area (Å²) in [4.78, 5) is 0. The van der Waals surface area contributed by atoms with Crippen molar-refractivity contribution in [2.45, 2.75) is 52.4 Å². The van der Waals surface area contributed by atoms with Crippen LogP contribution in [0.1, 0.15) is 40.2 Å². The van der Waals surface area contributed by atoms with E-state index in [1.165, 1.54) is 0 Å². The van der Waals surface area contributed by atoms with E-state index in [0.717, 1.165) is 16.8 Å². The average molecular weight is 292 g/mol. The summed E-state index contributed by atoms with van der Waals surface area (Å²) in [6.45, 7) is 11.4. The Hall–Kier alpha value is -1.04. The predicted octanol–water partition coefficient (Wildman–Crippen LogP) is 2.53. The summed E-state index contributed by atoms with van der Waals surface area (Å²) in [7, 11) is 1.28. The first kappa shape index (κ1) is 16.3. The van der Waals surface area contributed by atoms with E-state index in [2.05, 4.69) is 27.7 Å². The summed E-state index contributed by atoms with van der Waals surface area (Å²) in [5.41, 5.74) is 1.35. The number of ether oxygens (including phenoxy) is 2. The molecule has 0 aromatic heterocycles. The van der Waals surface area contributed by atoms with Gasteiger partial charge in [0.15, 0.2) is 0 Å². The zero-order valence-electron chi connectivity index (χ0n) is 13.9. The fourth-order valence-corrected chi connectivity index (χ4v) is 2.25. The Labute approximate surface area is 127 Å². The SMILES string of the molecule is CCOCc1cc(OC)ccc1B1OC(C)(C)C(C)(C)O1. The zero-order chi connectivity index (χ0) is 15.7. The number of benzene rings is 1. The van der Waals surface area contributed by atoms with E-state index in [1.54, 1.807) is 7.11 Å². The third kappa shape index (κ3) is 3.25. The summed E-state index contributed by atoms with van der Waals surface area (Å²) in [5.74, 6) is 0.810. The summed E-state index contributed by atoms with van der Waals surface area (Å²) in [6.07, 6.45) is 0. The highest BCUT2D eigenvalue weighted by Crippen LogP contribution is 2.36. The van der Waals surface area contributed by atoms with Crippen molar-refractivity contribution in [2.24, 2.45) is 0 Å². The summed E-state index contributed by atoms with van der Waals surface area (Å²) in [6, 6.07) is 5.90. The van der Waals surface area contributed by atoms with E-state index in [1.807, 2.05) is 25.1 Å². The van der Waals surface area contributed by atoms with Gasteiger partial charge in [0.05, 0.1) is 24.9 Å². The van der Waals surface area contributed by atoms with E-state index < -0.39 is 0 Å².